The number of nitriles is 5. The Bertz CT molecular complexity index is 3990. The highest BCUT2D eigenvalue weighted by Gasteiger charge is 2.24. The predicted molar refractivity (Wildman–Crippen MR) is 284 cm³/mol. The molecule has 0 amide bonds. The standard InChI is InChI=1S/C64H34N8/c65-33-40-6-1-11-45(24-40)49-16-20-54-55-21-17-50(46-12-2-7-41(25-46)34-66)30-59(55)71(58(54)29-49)62-38-70-39-63(64(62)53-15-5-10-44(28-53)37-69)72-60-31-51(47-13-3-8-42(26-47)35-67)18-22-56(60)57-23-19-52(32-61(57)72)48-14-4-9-43(27-48)36-68/h1-32,38-39H. The normalized spacial score (nSPS) is 11.0. The van der Waals surface area contributed by atoms with Gasteiger partial charge in [0.2, 0.25) is 0 Å². The third-order valence-corrected chi connectivity index (χ3v) is 13.5. The monoisotopic (exact) mass is 914 g/mol. The van der Waals surface area contributed by atoms with E-state index < -0.39 is 0 Å². The van der Waals surface area contributed by atoms with Gasteiger partial charge in [-0.3, -0.25) is 4.98 Å². The third-order valence-electron chi connectivity index (χ3n) is 13.5. The van der Waals surface area contributed by atoms with Gasteiger partial charge in [0.05, 0.1) is 104 Å². The SMILES string of the molecule is N#Cc1cccc(-c2ccc3c4ccc(-c5cccc(C#N)c5)cc4n(-c4cncc(-n5c6cc(-c7cccc(C#N)c7)ccc6c6ccc(-c7cccc(C#N)c7)cc65)c4-c4cccc(C#N)c4)c3c2)c1. The second-order valence-corrected chi connectivity index (χ2v) is 17.6. The minimum Gasteiger partial charge on any atom is -0.307 e. The molecule has 8 nitrogen and oxygen atoms in total. The van der Waals surface area contributed by atoms with Gasteiger partial charge in [-0.05, 0) is 135 Å². The summed E-state index contributed by atoms with van der Waals surface area (Å²) in [6.07, 6.45) is 3.77. The Morgan fingerprint density at radius 1 is 0.278 bits per heavy atom. The molecule has 0 radical (unpaired) electrons. The van der Waals surface area contributed by atoms with Crippen LogP contribution >= 0.6 is 0 Å². The van der Waals surface area contributed by atoms with Crippen LogP contribution in [0, 0.1) is 56.7 Å². The largest absolute Gasteiger partial charge is 0.307 e. The summed E-state index contributed by atoms with van der Waals surface area (Å²) in [5.41, 5.74) is 16.7. The molecule has 0 bridgehead atoms. The number of fused-ring (bicyclic) bond motifs is 6. The van der Waals surface area contributed by atoms with Crippen molar-refractivity contribution >= 4 is 43.6 Å². The first-order chi connectivity index (χ1) is 35.4. The number of rotatable bonds is 7. The second kappa shape index (κ2) is 17.4. The number of hydrogen-bond acceptors (Lipinski definition) is 6. The lowest BCUT2D eigenvalue weighted by atomic mass is 9.99. The van der Waals surface area contributed by atoms with Crippen molar-refractivity contribution in [3.05, 3.63) is 234 Å². The second-order valence-electron chi connectivity index (χ2n) is 17.6. The first-order valence-electron chi connectivity index (χ1n) is 23.1. The predicted octanol–water partition coefficient (Wildman–Crippen LogP) is 15.0. The molecule has 12 aromatic rings. The van der Waals surface area contributed by atoms with Crippen LogP contribution in [0.2, 0.25) is 0 Å². The average Bonchev–Trinajstić information content (AvgIpc) is 3.95. The quantitative estimate of drug-likeness (QED) is 0.156. The summed E-state index contributed by atoms with van der Waals surface area (Å²) in [4.78, 5) is 5.11. The summed E-state index contributed by atoms with van der Waals surface area (Å²) in [6.45, 7) is 0. The van der Waals surface area contributed by atoms with Crippen molar-refractivity contribution in [2.75, 3.05) is 0 Å². The summed E-state index contributed by atoms with van der Waals surface area (Å²) in [5.74, 6) is 0. The van der Waals surface area contributed by atoms with Crippen LogP contribution in [-0.2, 0) is 0 Å². The average molecular weight is 915 g/mol. The zero-order chi connectivity index (χ0) is 48.9. The molecule has 0 aliphatic rings. The van der Waals surface area contributed by atoms with Crippen molar-refractivity contribution in [1.82, 2.24) is 14.1 Å². The van der Waals surface area contributed by atoms with Crippen molar-refractivity contribution in [1.29, 1.82) is 26.3 Å². The highest BCUT2D eigenvalue weighted by atomic mass is 15.0. The van der Waals surface area contributed by atoms with E-state index in [2.05, 4.69) is 112 Å². The fourth-order valence-corrected chi connectivity index (χ4v) is 10.2. The van der Waals surface area contributed by atoms with Gasteiger partial charge >= 0.3 is 0 Å². The smallest absolute Gasteiger partial charge is 0.0991 e. The molecule has 0 unspecified atom stereocenters. The lowest BCUT2D eigenvalue weighted by molar-refractivity contribution is 1.09. The molecule has 9 aromatic carbocycles. The number of aromatic nitrogens is 3. The van der Waals surface area contributed by atoms with Crippen molar-refractivity contribution in [2.45, 2.75) is 0 Å². The topological polar surface area (TPSA) is 142 Å². The molecule has 12 rings (SSSR count). The number of nitrogens with zero attached hydrogens (tertiary/aromatic N) is 8. The van der Waals surface area contributed by atoms with E-state index in [4.69, 9.17) is 4.98 Å². The molecular formula is C64H34N8. The summed E-state index contributed by atoms with van der Waals surface area (Å²) in [5, 5.41) is 54.0. The highest BCUT2D eigenvalue weighted by Crippen LogP contribution is 2.44. The molecule has 0 aliphatic heterocycles. The van der Waals surface area contributed by atoms with Crippen LogP contribution in [-0.4, -0.2) is 14.1 Å². The highest BCUT2D eigenvalue weighted by molar-refractivity contribution is 6.14. The molecule has 8 heteroatoms. The van der Waals surface area contributed by atoms with Crippen LogP contribution in [0.5, 0.6) is 0 Å². The van der Waals surface area contributed by atoms with Gasteiger partial charge in [-0.25, -0.2) is 0 Å². The van der Waals surface area contributed by atoms with Crippen LogP contribution in [0.15, 0.2) is 207 Å². The summed E-state index contributed by atoms with van der Waals surface area (Å²) >= 11 is 0. The number of benzene rings is 9. The maximum atomic E-state index is 10.4. The third kappa shape index (κ3) is 7.17. The first-order valence-corrected chi connectivity index (χ1v) is 23.1. The van der Waals surface area contributed by atoms with Gasteiger partial charge in [-0.15, -0.1) is 0 Å². The van der Waals surface area contributed by atoms with Crippen molar-refractivity contribution in [3.8, 4) is 97.4 Å². The van der Waals surface area contributed by atoms with E-state index in [0.717, 1.165) is 111 Å². The Balaban J connectivity index is 1.22. The Morgan fingerprint density at radius 3 is 0.806 bits per heavy atom. The van der Waals surface area contributed by atoms with Crippen LogP contribution in [0.3, 0.4) is 0 Å². The summed E-state index contributed by atoms with van der Waals surface area (Å²) in [7, 11) is 0. The lowest BCUT2D eigenvalue weighted by Crippen LogP contribution is -2.05. The fourth-order valence-electron chi connectivity index (χ4n) is 10.2. The van der Waals surface area contributed by atoms with E-state index in [1.807, 2.05) is 103 Å². The molecule has 0 spiro atoms. The Hall–Kier alpha value is -10.8. The first kappa shape index (κ1) is 42.5. The van der Waals surface area contributed by atoms with Gasteiger partial charge in [0.15, 0.2) is 0 Å². The van der Waals surface area contributed by atoms with Crippen molar-refractivity contribution in [3.63, 3.8) is 0 Å². The van der Waals surface area contributed by atoms with Gasteiger partial charge in [-0.1, -0.05) is 109 Å². The Labute approximate surface area is 413 Å². The number of pyridine rings is 1. The van der Waals surface area contributed by atoms with Gasteiger partial charge in [0, 0.05) is 27.1 Å². The van der Waals surface area contributed by atoms with E-state index in [0.29, 0.717) is 27.8 Å². The van der Waals surface area contributed by atoms with Crippen LogP contribution in [0.1, 0.15) is 27.8 Å². The molecule has 0 saturated heterocycles. The van der Waals surface area contributed by atoms with Crippen molar-refractivity contribution in [2.24, 2.45) is 0 Å². The Morgan fingerprint density at radius 2 is 0.528 bits per heavy atom. The maximum absolute atomic E-state index is 10.4. The van der Waals surface area contributed by atoms with Gasteiger partial charge in [0.25, 0.3) is 0 Å². The molecule has 3 aromatic heterocycles. The van der Waals surface area contributed by atoms with Gasteiger partial charge in [-0.2, -0.15) is 26.3 Å². The molecular weight excluding hydrogens is 881 g/mol. The molecule has 0 N–H and O–H groups in total. The lowest BCUT2D eigenvalue weighted by Gasteiger charge is -2.20. The van der Waals surface area contributed by atoms with E-state index in [9.17, 15) is 26.3 Å². The maximum Gasteiger partial charge on any atom is 0.0991 e. The molecule has 0 atom stereocenters. The van der Waals surface area contributed by atoms with E-state index in [1.54, 1.807) is 30.3 Å². The zero-order valence-corrected chi connectivity index (χ0v) is 38.2. The minimum atomic E-state index is 0.490. The van der Waals surface area contributed by atoms with Crippen LogP contribution in [0.4, 0.5) is 0 Å². The van der Waals surface area contributed by atoms with Gasteiger partial charge < -0.3 is 9.13 Å². The molecule has 0 fully saturated rings. The molecule has 3 heterocycles. The Kier molecular flexibility index (Phi) is 10.3. The minimum absolute atomic E-state index is 0.490. The van der Waals surface area contributed by atoms with Crippen LogP contribution in [0.25, 0.3) is 111 Å². The van der Waals surface area contributed by atoms with Gasteiger partial charge in [0.1, 0.15) is 0 Å². The number of hydrogen-bond donors (Lipinski definition) is 0. The molecule has 330 valence electrons. The van der Waals surface area contributed by atoms with Crippen molar-refractivity contribution < 1.29 is 0 Å². The summed E-state index contributed by atoms with van der Waals surface area (Å²) in [6, 6.07) is 75.1. The zero-order valence-electron chi connectivity index (χ0n) is 38.2. The molecule has 0 saturated carbocycles. The van der Waals surface area contributed by atoms with E-state index in [-0.39, 0.29) is 0 Å². The molecule has 0 aliphatic carbocycles. The van der Waals surface area contributed by atoms with E-state index >= 15 is 0 Å². The molecule has 72 heavy (non-hydrogen) atoms. The van der Waals surface area contributed by atoms with Crippen LogP contribution < -0.4 is 0 Å². The summed E-state index contributed by atoms with van der Waals surface area (Å²) < 4.78 is 4.49. The van der Waals surface area contributed by atoms with E-state index in [1.165, 1.54) is 0 Å². The fraction of sp³-hybridized carbons (Fsp3) is 0.